The first kappa shape index (κ1) is 16.1. The van der Waals surface area contributed by atoms with Crippen LogP contribution in [-0.2, 0) is 0 Å². The number of carboxylic acids is 1. The SMILES string of the molecule is CCCN(CCN(C)C)C(=O)c1ccc(C(=O)O)cn1. The summed E-state index contributed by atoms with van der Waals surface area (Å²) in [4.78, 5) is 30.8. The summed E-state index contributed by atoms with van der Waals surface area (Å²) in [5.74, 6) is -1.21. The number of likely N-dealkylation sites (N-methyl/N-ethyl adjacent to an activating group) is 1. The molecule has 0 fully saturated rings. The van der Waals surface area contributed by atoms with E-state index in [1.54, 1.807) is 4.90 Å². The molecule has 1 amide bonds. The molecule has 0 aromatic carbocycles. The van der Waals surface area contributed by atoms with Gasteiger partial charge in [0, 0.05) is 25.8 Å². The summed E-state index contributed by atoms with van der Waals surface area (Å²) in [6.07, 6.45) is 2.08. The van der Waals surface area contributed by atoms with Crippen molar-refractivity contribution in [1.29, 1.82) is 0 Å². The van der Waals surface area contributed by atoms with E-state index in [0.717, 1.165) is 13.0 Å². The smallest absolute Gasteiger partial charge is 0.337 e. The first-order chi connectivity index (χ1) is 9.45. The standard InChI is InChI=1S/C14H21N3O3/c1-4-7-17(9-8-16(2)3)13(18)12-6-5-11(10-15-12)14(19)20/h5-6,10H,4,7-9H2,1-3H3,(H,19,20). The van der Waals surface area contributed by atoms with Gasteiger partial charge < -0.3 is 14.9 Å². The van der Waals surface area contributed by atoms with Crippen molar-refractivity contribution in [2.75, 3.05) is 33.7 Å². The molecule has 6 nitrogen and oxygen atoms in total. The maximum absolute atomic E-state index is 12.3. The van der Waals surface area contributed by atoms with Gasteiger partial charge in [0.25, 0.3) is 5.91 Å². The van der Waals surface area contributed by atoms with Gasteiger partial charge in [0.15, 0.2) is 0 Å². The third-order valence-corrected chi connectivity index (χ3v) is 2.83. The number of nitrogens with zero attached hydrogens (tertiary/aromatic N) is 3. The van der Waals surface area contributed by atoms with Crippen molar-refractivity contribution in [2.45, 2.75) is 13.3 Å². The lowest BCUT2D eigenvalue weighted by Gasteiger charge is -2.23. The highest BCUT2D eigenvalue weighted by Crippen LogP contribution is 2.05. The van der Waals surface area contributed by atoms with Gasteiger partial charge in [0.05, 0.1) is 5.56 Å². The number of aromatic nitrogens is 1. The number of hydrogen-bond acceptors (Lipinski definition) is 4. The molecule has 1 rings (SSSR count). The molecule has 0 aliphatic rings. The molecular formula is C14H21N3O3. The minimum Gasteiger partial charge on any atom is -0.478 e. The monoisotopic (exact) mass is 279 g/mol. The third-order valence-electron chi connectivity index (χ3n) is 2.83. The second-order valence-electron chi connectivity index (χ2n) is 4.83. The Morgan fingerprint density at radius 3 is 2.35 bits per heavy atom. The Morgan fingerprint density at radius 1 is 1.20 bits per heavy atom. The van der Waals surface area contributed by atoms with E-state index in [0.29, 0.717) is 13.1 Å². The largest absolute Gasteiger partial charge is 0.478 e. The van der Waals surface area contributed by atoms with Crippen molar-refractivity contribution in [3.63, 3.8) is 0 Å². The topological polar surface area (TPSA) is 73.7 Å². The zero-order valence-electron chi connectivity index (χ0n) is 12.2. The van der Waals surface area contributed by atoms with Gasteiger partial charge in [0.2, 0.25) is 0 Å². The van der Waals surface area contributed by atoms with Gasteiger partial charge in [0.1, 0.15) is 5.69 Å². The highest BCUT2D eigenvalue weighted by Gasteiger charge is 2.16. The maximum Gasteiger partial charge on any atom is 0.337 e. The predicted octanol–water partition coefficient (Wildman–Crippen LogP) is 1.19. The Balaban J connectivity index is 2.80. The van der Waals surface area contributed by atoms with Gasteiger partial charge >= 0.3 is 5.97 Å². The molecule has 6 heteroatoms. The summed E-state index contributed by atoms with van der Waals surface area (Å²) in [6, 6.07) is 2.86. The van der Waals surface area contributed by atoms with Crippen molar-refractivity contribution >= 4 is 11.9 Å². The molecule has 0 aliphatic heterocycles. The number of carbonyl (C=O) groups is 2. The van der Waals surface area contributed by atoms with Crippen LogP contribution < -0.4 is 0 Å². The lowest BCUT2D eigenvalue weighted by molar-refractivity contribution is 0.0691. The van der Waals surface area contributed by atoms with E-state index in [2.05, 4.69) is 4.98 Å². The fraction of sp³-hybridized carbons (Fsp3) is 0.500. The summed E-state index contributed by atoms with van der Waals surface area (Å²) < 4.78 is 0. The van der Waals surface area contributed by atoms with Crippen molar-refractivity contribution in [2.24, 2.45) is 0 Å². The number of pyridine rings is 1. The Hall–Kier alpha value is -1.95. The molecule has 0 spiro atoms. The van der Waals surface area contributed by atoms with Crippen LogP contribution in [0.25, 0.3) is 0 Å². The second-order valence-corrected chi connectivity index (χ2v) is 4.83. The Kier molecular flexibility index (Phi) is 6.11. The first-order valence-corrected chi connectivity index (χ1v) is 6.59. The summed E-state index contributed by atoms with van der Waals surface area (Å²) in [5, 5.41) is 8.81. The van der Waals surface area contributed by atoms with Crippen LogP contribution in [0.3, 0.4) is 0 Å². The summed E-state index contributed by atoms with van der Waals surface area (Å²) >= 11 is 0. The Morgan fingerprint density at radius 2 is 1.90 bits per heavy atom. The molecule has 110 valence electrons. The van der Waals surface area contributed by atoms with Crippen LogP contribution >= 0.6 is 0 Å². The fourth-order valence-electron chi connectivity index (χ4n) is 1.71. The first-order valence-electron chi connectivity index (χ1n) is 6.59. The van der Waals surface area contributed by atoms with Crippen LogP contribution in [0.1, 0.15) is 34.2 Å². The highest BCUT2D eigenvalue weighted by atomic mass is 16.4. The minimum absolute atomic E-state index is 0.0804. The zero-order chi connectivity index (χ0) is 15.1. The molecule has 1 N–H and O–H groups in total. The number of aromatic carboxylic acids is 1. The fourth-order valence-corrected chi connectivity index (χ4v) is 1.71. The average Bonchev–Trinajstić information content (AvgIpc) is 2.42. The van der Waals surface area contributed by atoms with Gasteiger partial charge in [-0.05, 0) is 32.6 Å². The number of carboxylic acid groups (broad SMARTS) is 1. The van der Waals surface area contributed by atoms with Crippen LogP contribution in [0.2, 0.25) is 0 Å². The van der Waals surface area contributed by atoms with Crippen molar-refractivity contribution in [3.8, 4) is 0 Å². The minimum atomic E-state index is -1.05. The van der Waals surface area contributed by atoms with Crippen molar-refractivity contribution in [3.05, 3.63) is 29.6 Å². The van der Waals surface area contributed by atoms with Crippen LogP contribution in [0.15, 0.2) is 18.3 Å². The highest BCUT2D eigenvalue weighted by molar-refractivity contribution is 5.93. The molecule has 20 heavy (non-hydrogen) atoms. The quantitative estimate of drug-likeness (QED) is 0.811. The van der Waals surface area contributed by atoms with Gasteiger partial charge in [-0.15, -0.1) is 0 Å². The lowest BCUT2D eigenvalue weighted by Crippen LogP contribution is -2.37. The van der Waals surface area contributed by atoms with E-state index < -0.39 is 5.97 Å². The predicted molar refractivity (Wildman–Crippen MR) is 75.9 cm³/mol. The lowest BCUT2D eigenvalue weighted by atomic mass is 10.2. The molecule has 1 aromatic rings. The summed E-state index contributed by atoms with van der Waals surface area (Å²) in [5.41, 5.74) is 0.360. The second kappa shape index (κ2) is 7.59. The molecule has 0 unspecified atom stereocenters. The van der Waals surface area contributed by atoms with Crippen LogP contribution in [0.5, 0.6) is 0 Å². The molecule has 0 radical (unpaired) electrons. The molecule has 1 heterocycles. The normalized spacial score (nSPS) is 10.6. The maximum atomic E-state index is 12.3. The number of amides is 1. The molecule has 0 saturated heterocycles. The molecule has 0 bridgehead atoms. The van der Waals surface area contributed by atoms with E-state index in [9.17, 15) is 9.59 Å². The number of rotatable bonds is 7. The van der Waals surface area contributed by atoms with E-state index in [4.69, 9.17) is 5.11 Å². The number of hydrogen-bond donors (Lipinski definition) is 1. The summed E-state index contributed by atoms with van der Waals surface area (Å²) in [7, 11) is 3.91. The number of carbonyl (C=O) groups excluding carboxylic acids is 1. The molecule has 0 atom stereocenters. The van der Waals surface area contributed by atoms with E-state index >= 15 is 0 Å². The molecular weight excluding hydrogens is 258 g/mol. The molecule has 0 aliphatic carbocycles. The molecule has 0 saturated carbocycles. The third kappa shape index (κ3) is 4.62. The molecule has 1 aromatic heterocycles. The van der Waals surface area contributed by atoms with Crippen LogP contribution in [-0.4, -0.2) is 65.5 Å². The van der Waals surface area contributed by atoms with E-state index in [1.165, 1.54) is 18.3 Å². The zero-order valence-corrected chi connectivity index (χ0v) is 12.2. The van der Waals surface area contributed by atoms with Crippen LogP contribution in [0, 0.1) is 0 Å². The van der Waals surface area contributed by atoms with Crippen molar-refractivity contribution < 1.29 is 14.7 Å². The Bertz CT molecular complexity index is 457. The van der Waals surface area contributed by atoms with E-state index in [-0.39, 0.29) is 17.2 Å². The van der Waals surface area contributed by atoms with Gasteiger partial charge in [-0.25, -0.2) is 4.79 Å². The summed E-state index contributed by atoms with van der Waals surface area (Å²) in [6.45, 7) is 4.08. The van der Waals surface area contributed by atoms with Gasteiger partial charge in [-0.2, -0.15) is 0 Å². The average molecular weight is 279 g/mol. The van der Waals surface area contributed by atoms with Crippen molar-refractivity contribution in [1.82, 2.24) is 14.8 Å². The van der Waals surface area contributed by atoms with E-state index in [1.807, 2.05) is 25.9 Å². The Labute approximate surface area is 119 Å². The van der Waals surface area contributed by atoms with Crippen LogP contribution in [0.4, 0.5) is 0 Å². The van der Waals surface area contributed by atoms with Gasteiger partial charge in [-0.3, -0.25) is 9.78 Å². The van der Waals surface area contributed by atoms with Gasteiger partial charge in [-0.1, -0.05) is 6.92 Å².